The minimum absolute atomic E-state index is 0.350. The van der Waals surface area contributed by atoms with Crippen molar-refractivity contribution in [3.63, 3.8) is 0 Å². The normalized spacial score (nSPS) is 19.6. The summed E-state index contributed by atoms with van der Waals surface area (Å²) in [5.41, 5.74) is 0. The van der Waals surface area contributed by atoms with Crippen molar-refractivity contribution in [3.05, 3.63) is 10.0 Å². The van der Waals surface area contributed by atoms with Crippen LogP contribution in [0.4, 0.5) is 0 Å². The molecule has 2 rings (SSSR count). The first-order valence-electron chi connectivity index (χ1n) is 5.88. The van der Waals surface area contributed by atoms with Crippen LogP contribution in [0.2, 0.25) is 0 Å². The van der Waals surface area contributed by atoms with E-state index in [1.165, 1.54) is 30.7 Å². The van der Waals surface area contributed by atoms with Gasteiger partial charge in [0.1, 0.15) is 10.0 Å². The summed E-state index contributed by atoms with van der Waals surface area (Å²) < 4.78 is 0. The lowest BCUT2D eigenvalue weighted by Crippen LogP contribution is -2.17. The minimum atomic E-state index is 0.350. The van der Waals surface area contributed by atoms with Crippen LogP contribution in [0.3, 0.4) is 0 Å². The Balaban J connectivity index is 2.02. The second-order valence-electron chi connectivity index (χ2n) is 4.24. The number of aromatic nitrogens is 2. The Morgan fingerprint density at radius 2 is 2.13 bits per heavy atom. The highest BCUT2D eigenvalue weighted by Crippen LogP contribution is 2.36. The SMILES string of the molecule is CCNC(C)c1nnc(C2CCCC2)s1. The molecule has 1 aliphatic rings. The lowest BCUT2D eigenvalue weighted by Gasteiger charge is -2.07. The first-order chi connectivity index (χ1) is 7.31. The Kier molecular flexibility index (Phi) is 3.70. The molecule has 0 spiro atoms. The second kappa shape index (κ2) is 5.03. The quantitative estimate of drug-likeness (QED) is 0.856. The van der Waals surface area contributed by atoms with Crippen LogP contribution in [0.5, 0.6) is 0 Å². The Morgan fingerprint density at radius 3 is 2.80 bits per heavy atom. The van der Waals surface area contributed by atoms with E-state index in [0.717, 1.165) is 11.6 Å². The number of hydrogen-bond donors (Lipinski definition) is 1. The molecule has 0 saturated heterocycles. The molecule has 84 valence electrons. The molecule has 1 aliphatic carbocycles. The molecular weight excluding hydrogens is 206 g/mol. The zero-order chi connectivity index (χ0) is 10.7. The van der Waals surface area contributed by atoms with Gasteiger partial charge in [-0.15, -0.1) is 10.2 Å². The minimum Gasteiger partial charge on any atom is -0.308 e. The summed E-state index contributed by atoms with van der Waals surface area (Å²) in [6, 6.07) is 0.350. The monoisotopic (exact) mass is 225 g/mol. The summed E-state index contributed by atoms with van der Waals surface area (Å²) in [5, 5.41) is 14.4. The molecular formula is C11H19N3S. The van der Waals surface area contributed by atoms with E-state index < -0.39 is 0 Å². The van der Waals surface area contributed by atoms with E-state index >= 15 is 0 Å². The molecule has 0 radical (unpaired) electrons. The lowest BCUT2D eigenvalue weighted by molar-refractivity contribution is 0.588. The van der Waals surface area contributed by atoms with Crippen LogP contribution < -0.4 is 5.32 Å². The van der Waals surface area contributed by atoms with Gasteiger partial charge in [0.25, 0.3) is 0 Å². The topological polar surface area (TPSA) is 37.8 Å². The number of nitrogens with one attached hydrogen (secondary N) is 1. The standard InChI is InChI=1S/C11H19N3S/c1-3-12-8(2)10-13-14-11(15-10)9-6-4-5-7-9/h8-9,12H,3-7H2,1-2H3. The third kappa shape index (κ3) is 2.55. The Morgan fingerprint density at radius 1 is 1.40 bits per heavy atom. The van der Waals surface area contributed by atoms with Gasteiger partial charge in [0, 0.05) is 5.92 Å². The highest BCUT2D eigenvalue weighted by molar-refractivity contribution is 7.11. The molecule has 15 heavy (non-hydrogen) atoms. The van der Waals surface area contributed by atoms with Crippen LogP contribution in [0.25, 0.3) is 0 Å². The highest BCUT2D eigenvalue weighted by atomic mass is 32.1. The maximum absolute atomic E-state index is 4.33. The fraction of sp³-hybridized carbons (Fsp3) is 0.818. The van der Waals surface area contributed by atoms with E-state index in [9.17, 15) is 0 Å². The van der Waals surface area contributed by atoms with Crippen molar-refractivity contribution in [2.24, 2.45) is 0 Å². The summed E-state index contributed by atoms with van der Waals surface area (Å²) in [4.78, 5) is 0. The molecule has 1 heterocycles. The molecule has 1 aromatic rings. The summed E-state index contributed by atoms with van der Waals surface area (Å²) in [6.45, 7) is 5.26. The molecule has 1 saturated carbocycles. The summed E-state index contributed by atoms with van der Waals surface area (Å²) in [7, 11) is 0. The zero-order valence-corrected chi connectivity index (χ0v) is 10.3. The van der Waals surface area contributed by atoms with Gasteiger partial charge in [-0.1, -0.05) is 31.1 Å². The van der Waals surface area contributed by atoms with Gasteiger partial charge >= 0.3 is 0 Å². The van der Waals surface area contributed by atoms with Crippen molar-refractivity contribution in [2.45, 2.75) is 51.5 Å². The van der Waals surface area contributed by atoms with Crippen LogP contribution in [-0.4, -0.2) is 16.7 Å². The maximum Gasteiger partial charge on any atom is 0.134 e. The Hall–Kier alpha value is -0.480. The Bertz CT molecular complexity index is 305. The molecule has 1 N–H and O–H groups in total. The van der Waals surface area contributed by atoms with Crippen molar-refractivity contribution in [2.75, 3.05) is 6.54 Å². The number of hydrogen-bond acceptors (Lipinski definition) is 4. The average Bonchev–Trinajstić information content (AvgIpc) is 2.89. The fourth-order valence-electron chi connectivity index (χ4n) is 2.15. The van der Waals surface area contributed by atoms with E-state index in [-0.39, 0.29) is 0 Å². The fourth-order valence-corrected chi connectivity index (χ4v) is 3.19. The van der Waals surface area contributed by atoms with Crippen LogP contribution in [0, 0.1) is 0 Å². The van der Waals surface area contributed by atoms with E-state index in [2.05, 4.69) is 29.4 Å². The second-order valence-corrected chi connectivity index (χ2v) is 5.28. The van der Waals surface area contributed by atoms with Crippen LogP contribution in [-0.2, 0) is 0 Å². The van der Waals surface area contributed by atoms with Crippen molar-refractivity contribution in [1.82, 2.24) is 15.5 Å². The van der Waals surface area contributed by atoms with Crippen molar-refractivity contribution in [3.8, 4) is 0 Å². The predicted octanol–water partition coefficient (Wildman–Crippen LogP) is 2.87. The van der Waals surface area contributed by atoms with Gasteiger partial charge < -0.3 is 5.32 Å². The first kappa shape index (κ1) is 11.0. The van der Waals surface area contributed by atoms with Gasteiger partial charge in [-0.25, -0.2) is 0 Å². The van der Waals surface area contributed by atoms with Crippen LogP contribution in [0.1, 0.15) is 61.5 Å². The number of rotatable bonds is 4. The van der Waals surface area contributed by atoms with Gasteiger partial charge in [-0.05, 0) is 26.3 Å². The molecule has 4 heteroatoms. The molecule has 1 fully saturated rings. The first-order valence-corrected chi connectivity index (χ1v) is 6.69. The van der Waals surface area contributed by atoms with E-state index in [1.807, 2.05) is 0 Å². The van der Waals surface area contributed by atoms with Gasteiger partial charge in [-0.3, -0.25) is 0 Å². The maximum atomic E-state index is 4.33. The van der Waals surface area contributed by atoms with Gasteiger partial charge in [0.15, 0.2) is 0 Å². The summed E-state index contributed by atoms with van der Waals surface area (Å²) in [5.74, 6) is 0.699. The highest BCUT2D eigenvalue weighted by Gasteiger charge is 2.22. The smallest absolute Gasteiger partial charge is 0.134 e. The van der Waals surface area contributed by atoms with E-state index in [1.54, 1.807) is 11.3 Å². The Labute approximate surface area is 95.3 Å². The molecule has 0 aliphatic heterocycles. The summed E-state index contributed by atoms with van der Waals surface area (Å²) >= 11 is 1.79. The van der Waals surface area contributed by atoms with E-state index in [4.69, 9.17) is 0 Å². The molecule has 1 unspecified atom stereocenters. The number of nitrogens with zero attached hydrogens (tertiary/aromatic N) is 2. The molecule has 0 bridgehead atoms. The molecule has 0 aromatic carbocycles. The summed E-state index contributed by atoms with van der Waals surface area (Å²) in [6.07, 6.45) is 5.35. The third-order valence-corrected chi connectivity index (χ3v) is 4.31. The van der Waals surface area contributed by atoms with Crippen molar-refractivity contribution >= 4 is 11.3 Å². The van der Waals surface area contributed by atoms with Crippen LogP contribution in [0.15, 0.2) is 0 Å². The van der Waals surface area contributed by atoms with Gasteiger partial charge in [-0.2, -0.15) is 0 Å². The van der Waals surface area contributed by atoms with Gasteiger partial charge in [0.2, 0.25) is 0 Å². The van der Waals surface area contributed by atoms with Crippen molar-refractivity contribution < 1.29 is 0 Å². The van der Waals surface area contributed by atoms with Crippen molar-refractivity contribution in [1.29, 1.82) is 0 Å². The lowest BCUT2D eigenvalue weighted by atomic mass is 10.1. The van der Waals surface area contributed by atoms with E-state index in [0.29, 0.717) is 12.0 Å². The average molecular weight is 225 g/mol. The largest absolute Gasteiger partial charge is 0.308 e. The predicted molar refractivity (Wildman–Crippen MR) is 63.2 cm³/mol. The zero-order valence-electron chi connectivity index (χ0n) is 9.49. The molecule has 0 amide bonds. The third-order valence-electron chi connectivity index (χ3n) is 3.04. The molecule has 3 nitrogen and oxygen atoms in total. The molecule has 1 atom stereocenters. The van der Waals surface area contributed by atoms with Gasteiger partial charge in [0.05, 0.1) is 6.04 Å². The van der Waals surface area contributed by atoms with Crippen LogP contribution >= 0.6 is 11.3 Å². The molecule has 1 aromatic heterocycles.